The molecule has 12 aromatic rings. The minimum absolute atomic E-state index is 0. The zero-order valence-electron chi connectivity index (χ0n) is 66.0. The SMILES string of the molecule is CC(=O)C(=C(C)O)c1ccccc1.CC(=O)C(=C(C)O)c1ccccc1.CC(=O)C(=C(C)O)c1ccncc1.CC(=O)C(=C(C)O)c1ccncc1.COc1c[c-]c(-c2nccn2C)c(OC)c1.COc1c[c-]c(-c2nccn2C)c(OC)c1.Cn1ccnc1-c1[c-]cc(F)cc1F.Cn1ccnc1-c1[c-]cc(F)cc1F.[Ir].[Ir].[Ir].[Ir]. The molecule has 0 amide bonds. The first-order valence-corrected chi connectivity index (χ1v) is 33.9. The summed E-state index contributed by atoms with van der Waals surface area (Å²) in [6.07, 6.45) is 20.1. The molecule has 0 bridgehead atoms. The molecule has 6 heterocycles. The molecule has 22 nitrogen and oxygen atoms in total. The van der Waals surface area contributed by atoms with Crippen LogP contribution >= 0.6 is 0 Å². The van der Waals surface area contributed by atoms with Crippen molar-refractivity contribution in [1.82, 2.24) is 48.2 Å². The van der Waals surface area contributed by atoms with Crippen molar-refractivity contribution in [3.63, 3.8) is 0 Å². The predicted molar refractivity (Wildman–Crippen MR) is 421 cm³/mol. The van der Waals surface area contributed by atoms with Crippen molar-refractivity contribution in [2.75, 3.05) is 28.4 Å². The van der Waals surface area contributed by atoms with Crippen molar-refractivity contribution in [2.24, 2.45) is 28.2 Å². The van der Waals surface area contributed by atoms with E-state index in [1.165, 1.54) is 55.4 Å². The van der Waals surface area contributed by atoms with Crippen LogP contribution in [0.4, 0.5) is 17.6 Å². The Labute approximate surface area is 725 Å². The van der Waals surface area contributed by atoms with Gasteiger partial charge in [-0.25, -0.2) is 0 Å². The molecule has 6 aromatic carbocycles. The zero-order valence-corrected chi connectivity index (χ0v) is 75.6. The fourth-order valence-electron chi connectivity index (χ4n) is 10.4. The van der Waals surface area contributed by atoms with Crippen LogP contribution in [0.2, 0.25) is 0 Å². The summed E-state index contributed by atoms with van der Waals surface area (Å²) in [7, 11) is 13.8. The number of rotatable bonds is 16. The van der Waals surface area contributed by atoms with Gasteiger partial charge < -0.3 is 57.6 Å². The van der Waals surface area contributed by atoms with Crippen LogP contribution in [0.3, 0.4) is 0 Å². The number of aliphatic hydroxyl groups is 4. The molecule has 0 aliphatic rings. The van der Waals surface area contributed by atoms with Crippen LogP contribution in [0.5, 0.6) is 23.0 Å². The Bertz CT molecular complexity index is 4750. The third kappa shape index (κ3) is 31.2. The minimum atomic E-state index is -0.653. The van der Waals surface area contributed by atoms with Gasteiger partial charge in [-0.15, -0.1) is 48.5 Å². The molecule has 116 heavy (non-hydrogen) atoms. The fourth-order valence-corrected chi connectivity index (χ4v) is 10.4. The van der Waals surface area contributed by atoms with Gasteiger partial charge in [0.2, 0.25) is 0 Å². The minimum Gasteiger partial charge on any atom is -0.540 e. The molecule has 0 fully saturated rings. The number of aliphatic hydroxyl groups excluding tert-OH is 4. The molecule has 0 unspecified atom stereocenters. The number of pyridine rings is 2. The Balaban J connectivity index is 0.000000661. The number of nitrogens with zero attached hydrogens (tertiary/aromatic N) is 10. The number of aryl methyl sites for hydroxylation is 4. The van der Waals surface area contributed by atoms with Crippen molar-refractivity contribution in [2.45, 2.75) is 55.4 Å². The molecular weight excluding hydrogens is 2210 g/mol. The topological polar surface area (TPSA) is 283 Å². The first-order chi connectivity index (χ1) is 53.4. The van der Waals surface area contributed by atoms with E-state index < -0.39 is 23.3 Å². The van der Waals surface area contributed by atoms with Crippen molar-refractivity contribution in [1.29, 1.82) is 0 Å². The summed E-state index contributed by atoms with van der Waals surface area (Å²) in [6, 6.07) is 47.3. The molecule has 0 aliphatic carbocycles. The first kappa shape index (κ1) is 103. The Hall–Kier alpha value is -11.2. The van der Waals surface area contributed by atoms with Gasteiger partial charge in [-0.1, -0.05) is 107 Å². The number of imidazole rings is 4. The Morgan fingerprint density at radius 3 is 0.784 bits per heavy atom. The molecule has 620 valence electrons. The van der Waals surface area contributed by atoms with E-state index in [9.17, 15) is 57.2 Å². The van der Waals surface area contributed by atoms with Crippen molar-refractivity contribution in [3.8, 4) is 68.5 Å². The van der Waals surface area contributed by atoms with E-state index in [-0.39, 0.29) is 138 Å². The second kappa shape index (κ2) is 52.3. The molecule has 0 spiro atoms. The van der Waals surface area contributed by atoms with Crippen LogP contribution in [-0.4, -0.2) is 120 Å². The molecular formula is C86H86F4Ir4N10O12-4. The summed E-state index contributed by atoms with van der Waals surface area (Å²) >= 11 is 0. The maximum absolute atomic E-state index is 13.3. The first-order valence-electron chi connectivity index (χ1n) is 33.9. The van der Waals surface area contributed by atoms with E-state index in [0.29, 0.717) is 56.6 Å². The van der Waals surface area contributed by atoms with Gasteiger partial charge in [-0.3, -0.25) is 66.6 Å². The summed E-state index contributed by atoms with van der Waals surface area (Å²) < 4.78 is 79.7. The Morgan fingerprint density at radius 1 is 0.336 bits per heavy atom. The Kier molecular flexibility index (Phi) is 46.4. The van der Waals surface area contributed by atoms with Gasteiger partial charge in [-0.05, 0) is 102 Å². The van der Waals surface area contributed by atoms with E-state index in [1.807, 2.05) is 84.2 Å². The van der Waals surface area contributed by atoms with Crippen LogP contribution in [0.25, 0.3) is 67.8 Å². The number of ketones is 4. The molecule has 0 saturated carbocycles. The largest absolute Gasteiger partial charge is 0.540 e. The van der Waals surface area contributed by atoms with Crippen LogP contribution < -0.4 is 18.9 Å². The van der Waals surface area contributed by atoms with Gasteiger partial charge in [0.25, 0.3) is 0 Å². The van der Waals surface area contributed by atoms with Gasteiger partial charge in [0.05, 0.1) is 74.0 Å². The number of hydrogen-bond acceptors (Lipinski definition) is 18. The predicted octanol–water partition coefficient (Wildman–Crippen LogP) is 17.2. The average molecular weight is 2300 g/mol. The second-order valence-electron chi connectivity index (χ2n) is 23.8. The number of Topliss-reactive ketones (excluding diaryl/α,β-unsaturated/α-hetero) is 4. The third-order valence-electron chi connectivity index (χ3n) is 15.5. The number of allylic oxidation sites excluding steroid dienone is 8. The number of aromatic nitrogens is 10. The summed E-state index contributed by atoms with van der Waals surface area (Å²) in [4.78, 5) is 68.7. The van der Waals surface area contributed by atoms with Crippen molar-refractivity contribution < 1.29 is 157 Å². The number of carbonyl (C=O) groups excluding carboxylic acids is 4. The normalized spacial score (nSPS) is 10.8. The molecule has 0 aliphatic heterocycles. The Morgan fingerprint density at radius 2 is 0.578 bits per heavy atom. The fraction of sp³-hybridized carbons (Fsp3) is 0.186. The summed E-state index contributed by atoms with van der Waals surface area (Å²) in [5.74, 6) is 2.44. The molecule has 12 rings (SSSR count). The van der Waals surface area contributed by atoms with E-state index in [1.54, 1.807) is 174 Å². The van der Waals surface area contributed by atoms with Crippen LogP contribution in [-0.2, 0) is 128 Å². The quantitative estimate of drug-likeness (QED) is 0.0303. The molecule has 4 N–H and O–H groups in total. The van der Waals surface area contributed by atoms with Crippen molar-refractivity contribution in [3.05, 3.63) is 301 Å². The van der Waals surface area contributed by atoms with E-state index in [4.69, 9.17) is 18.9 Å². The smallest absolute Gasteiger partial charge is 0.163 e. The van der Waals surface area contributed by atoms with Crippen LogP contribution in [0, 0.1) is 47.5 Å². The molecule has 30 heteroatoms. The zero-order chi connectivity index (χ0) is 82.7. The van der Waals surface area contributed by atoms with Gasteiger partial charge in [-0.2, -0.15) is 0 Å². The van der Waals surface area contributed by atoms with Crippen LogP contribution in [0.15, 0.2) is 231 Å². The van der Waals surface area contributed by atoms with Gasteiger partial charge in [0, 0.05) is 229 Å². The molecule has 0 saturated heterocycles. The summed E-state index contributed by atoms with van der Waals surface area (Å²) in [5.41, 5.74) is 6.41. The molecule has 4 radical (unpaired) electrons. The van der Waals surface area contributed by atoms with E-state index in [0.717, 1.165) is 69.7 Å². The number of ether oxygens (including phenoxy) is 4. The molecule has 6 aromatic heterocycles. The summed E-state index contributed by atoms with van der Waals surface area (Å²) in [6.45, 7) is 11.8. The van der Waals surface area contributed by atoms with Gasteiger partial charge in [0.15, 0.2) is 23.1 Å². The number of hydrogen-bond donors (Lipinski definition) is 4. The van der Waals surface area contributed by atoms with Gasteiger partial charge in [0.1, 0.15) is 23.0 Å². The standard InChI is InChI=1S/2C12H13N2O2.2C11H12O2.2C10H7F2N2.2C10H11NO2.4Ir/c2*1-14-7-6-13-12(14)10-5-4-9(15-2)8-11(10)16-3;2*1-8(12)11(9(2)13)10-6-4-3-5-7-10;2*1-14-5-4-13-10(14)8-3-2-7(11)6-9(8)12;2*1-7(12)10(8(2)13)9-3-5-11-6-4-9;;;;/h2*4,6-8H,1-3H3;2*3-7,12H,1-2H3;2*2,4-6H,1H3;2*3-6,12H,1-2H3;;;;/q2*-1;;;2*-1;;;;;;. The van der Waals surface area contributed by atoms with Crippen LogP contribution in [0.1, 0.15) is 77.6 Å². The number of halogens is 4. The number of benzene rings is 6. The number of carbonyl (C=O) groups is 4. The third-order valence-corrected chi connectivity index (χ3v) is 15.5. The number of methoxy groups -OCH3 is 4. The van der Waals surface area contributed by atoms with E-state index >= 15 is 0 Å². The maximum atomic E-state index is 13.3. The monoisotopic (exact) mass is 2300 g/mol. The average Bonchev–Trinajstić information content (AvgIpc) is 1.77. The maximum Gasteiger partial charge on any atom is 0.163 e. The van der Waals surface area contributed by atoms with Gasteiger partial charge >= 0.3 is 0 Å². The molecule has 0 atom stereocenters. The second-order valence-corrected chi connectivity index (χ2v) is 23.8. The summed E-state index contributed by atoms with van der Waals surface area (Å²) in [5, 5.41) is 37.1. The van der Waals surface area contributed by atoms with Crippen molar-refractivity contribution >= 4 is 45.4 Å². The van der Waals surface area contributed by atoms with E-state index in [2.05, 4.69) is 54.2 Å².